The fourth-order valence-corrected chi connectivity index (χ4v) is 4.84. The monoisotopic (exact) mass is 408 g/mol. The molecule has 1 heterocycles. The smallest absolute Gasteiger partial charge is 0.319 e. The largest absolute Gasteiger partial charge is 0.489 e. The summed E-state index contributed by atoms with van der Waals surface area (Å²) in [6, 6.07) is 10.9. The Morgan fingerprint density at radius 3 is 2.67 bits per heavy atom. The quantitative estimate of drug-likeness (QED) is 0.795. The molecule has 2 aromatic carbocycles. The number of hydrogen-bond acceptors (Lipinski definition) is 4. The van der Waals surface area contributed by atoms with E-state index in [4.69, 9.17) is 16.3 Å². The number of sulfone groups is 1. The zero-order valence-electron chi connectivity index (χ0n) is 15.0. The molecular weight excluding hydrogens is 388 g/mol. The van der Waals surface area contributed by atoms with Crippen LogP contribution in [0.2, 0.25) is 5.02 Å². The molecule has 0 fully saturated rings. The van der Waals surface area contributed by atoms with Gasteiger partial charge in [0.25, 0.3) is 0 Å². The summed E-state index contributed by atoms with van der Waals surface area (Å²) < 4.78 is 29.9. The lowest BCUT2D eigenvalue weighted by Crippen LogP contribution is -2.36. The topological polar surface area (TPSA) is 84.5 Å². The van der Waals surface area contributed by atoms with E-state index < -0.39 is 15.9 Å². The van der Waals surface area contributed by atoms with Gasteiger partial charge in [0, 0.05) is 5.69 Å². The standard InChI is InChI=1S/C19H21ClN2O4S/c1-12(2)26-17-8-7-13(11-15(17)20)21-19(23)22-16-9-10-27(24,25)18-6-4-3-5-14(16)18/h3-8,11-12,16H,9-10H2,1-2H3,(H2,21,22,23). The molecule has 0 saturated heterocycles. The van der Waals surface area contributed by atoms with Crippen LogP contribution >= 0.6 is 11.6 Å². The molecule has 0 spiro atoms. The highest BCUT2D eigenvalue weighted by Gasteiger charge is 2.30. The Labute approximate surface area is 163 Å². The Bertz CT molecular complexity index is 960. The van der Waals surface area contributed by atoms with Crippen molar-refractivity contribution in [2.24, 2.45) is 0 Å². The van der Waals surface area contributed by atoms with E-state index in [2.05, 4.69) is 10.6 Å². The van der Waals surface area contributed by atoms with Gasteiger partial charge >= 0.3 is 6.03 Å². The van der Waals surface area contributed by atoms with Gasteiger partial charge in [0.2, 0.25) is 0 Å². The third kappa shape index (κ3) is 4.54. The van der Waals surface area contributed by atoms with E-state index in [1.54, 1.807) is 42.5 Å². The number of rotatable bonds is 4. The van der Waals surface area contributed by atoms with Crippen LogP contribution in [0.15, 0.2) is 47.4 Å². The van der Waals surface area contributed by atoms with E-state index in [-0.39, 0.29) is 22.8 Å². The third-order valence-corrected chi connectivity index (χ3v) is 6.27. The molecule has 0 aromatic heterocycles. The molecule has 27 heavy (non-hydrogen) atoms. The second kappa shape index (κ2) is 7.78. The Hall–Kier alpha value is -2.25. The van der Waals surface area contributed by atoms with Crippen LogP contribution in [0.1, 0.15) is 31.9 Å². The predicted octanol–water partition coefficient (Wildman–Crippen LogP) is 4.17. The zero-order valence-corrected chi connectivity index (χ0v) is 16.6. The van der Waals surface area contributed by atoms with Crippen LogP contribution in [0, 0.1) is 0 Å². The van der Waals surface area contributed by atoms with Gasteiger partial charge in [0.05, 0.1) is 27.8 Å². The molecule has 1 atom stereocenters. The molecule has 0 radical (unpaired) electrons. The summed E-state index contributed by atoms with van der Waals surface area (Å²) in [5.74, 6) is 0.547. The van der Waals surface area contributed by atoms with Gasteiger partial charge in [0.15, 0.2) is 9.84 Å². The molecular formula is C19H21ClN2O4S. The Kier molecular flexibility index (Phi) is 5.62. The van der Waals surface area contributed by atoms with Crippen molar-refractivity contribution < 1.29 is 17.9 Å². The number of amides is 2. The van der Waals surface area contributed by atoms with Crippen molar-refractivity contribution in [1.82, 2.24) is 5.32 Å². The van der Waals surface area contributed by atoms with E-state index in [1.807, 2.05) is 13.8 Å². The maximum atomic E-state index is 12.4. The molecule has 2 aromatic rings. The van der Waals surface area contributed by atoms with Crippen molar-refractivity contribution in [3.05, 3.63) is 53.1 Å². The lowest BCUT2D eigenvalue weighted by Gasteiger charge is -2.26. The van der Waals surface area contributed by atoms with Gasteiger partial charge in [-0.2, -0.15) is 0 Å². The van der Waals surface area contributed by atoms with Crippen molar-refractivity contribution in [2.45, 2.75) is 37.3 Å². The minimum Gasteiger partial charge on any atom is -0.489 e. The predicted molar refractivity (Wildman–Crippen MR) is 105 cm³/mol. The highest BCUT2D eigenvalue weighted by molar-refractivity contribution is 7.91. The molecule has 0 saturated carbocycles. The summed E-state index contributed by atoms with van der Waals surface area (Å²) >= 11 is 6.18. The second-order valence-electron chi connectivity index (χ2n) is 6.61. The first kappa shape index (κ1) is 19.5. The van der Waals surface area contributed by atoms with E-state index in [0.717, 1.165) is 0 Å². The minimum atomic E-state index is -3.29. The number of carbonyl (C=O) groups excluding carboxylic acids is 1. The summed E-state index contributed by atoms with van der Waals surface area (Å²) in [5, 5.41) is 5.96. The number of nitrogens with one attached hydrogen (secondary N) is 2. The lowest BCUT2D eigenvalue weighted by atomic mass is 10.0. The zero-order chi connectivity index (χ0) is 19.6. The molecule has 2 N–H and O–H groups in total. The van der Waals surface area contributed by atoms with Crippen LogP contribution in [0.25, 0.3) is 0 Å². The fraction of sp³-hybridized carbons (Fsp3) is 0.316. The Morgan fingerprint density at radius 1 is 1.22 bits per heavy atom. The van der Waals surface area contributed by atoms with Crippen molar-refractivity contribution in [1.29, 1.82) is 0 Å². The second-order valence-corrected chi connectivity index (χ2v) is 9.09. The molecule has 2 amide bonds. The summed E-state index contributed by atoms with van der Waals surface area (Å²) in [6.07, 6.45) is 0.321. The highest BCUT2D eigenvalue weighted by Crippen LogP contribution is 2.32. The molecule has 1 aliphatic heterocycles. The van der Waals surface area contributed by atoms with Crippen LogP contribution < -0.4 is 15.4 Å². The van der Waals surface area contributed by atoms with Gasteiger partial charge in [-0.3, -0.25) is 0 Å². The van der Waals surface area contributed by atoms with Crippen molar-refractivity contribution >= 4 is 33.2 Å². The summed E-state index contributed by atoms with van der Waals surface area (Å²) in [5.41, 5.74) is 1.13. The maximum Gasteiger partial charge on any atom is 0.319 e. The van der Waals surface area contributed by atoms with Crippen molar-refractivity contribution in [3.63, 3.8) is 0 Å². The number of benzene rings is 2. The van der Waals surface area contributed by atoms with Crippen LogP contribution in [0.4, 0.5) is 10.5 Å². The molecule has 3 rings (SSSR count). The van der Waals surface area contributed by atoms with Gasteiger partial charge < -0.3 is 15.4 Å². The number of fused-ring (bicyclic) bond motifs is 1. The van der Waals surface area contributed by atoms with Gasteiger partial charge in [-0.1, -0.05) is 29.8 Å². The first-order valence-electron chi connectivity index (χ1n) is 8.61. The highest BCUT2D eigenvalue weighted by atomic mass is 35.5. The van der Waals surface area contributed by atoms with Gasteiger partial charge in [-0.05, 0) is 50.1 Å². The molecule has 0 bridgehead atoms. The molecule has 144 valence electrons. The van der Waals surface area contributed by atoms with E-state index in [1.165, 1.54) is 0 Å². The van der Waals surface area contributed by atoms with Gasteiger partial charge in [0.1, 0.15) is 5.75 Å². The molecule has 8 heteroatoms. The molecule has 1 aliphatic rings. The Balaban J connectivity index is 1.71. The number of halogens is 1. The third-order valence-electron chi connectivity index (χ3n) is 4.16. The average Bonchev–Trinajstić information content (AvgIpc) is 2.60. The molecule has 0 aliphatic carbocycles. The van der Waals surface area contributed by atoms with Crippen LogP contribution in [-0.4, -0.2) is 26.3 Å². The van der Waals surface area contributed by atoms with Gasteiger partial charge in [-0.25, -0.2) is 13.2 Å². The van der Waals surface area contributed by atoms with Crippen LogP contribution in [-0.2, 0) is 9.84 Å². The summed E-state index contributed by atoms with van der Waals surface area (Å²) in [7, 11) is -3.29. The van der Waals surface area contributed by atoms with E-state index >= 15 is 0 Å². The molecule has 1 unspecified atom stereocenters. The van der Waals surface area contributed by atoms with Crippen molar-refractivity contribution in [3.8, 4) is 5.75 Å². The normalized spacial score (nSPS) is 17.9. The fourth-order valence-electron chi connectivity index (χ4n) is 2.99. The van der Waals surface area contributed by atoms with E-state index in [0.29, 0.717) is 28.4 Å². The number of ether oxygens (including phenoxy) is 1. The van der Waals surface area contributed by atoms with Crippen LogP contribution in [0.5, 0.6) is 5.75 Å². The number of anilines is 1. The average molecular weight is 409 g/mol. The van der Waals surface area contributed by atoms with Crippen molar-refractivity contribution in [2.75, 3.05) is 11.1 Å². The summed E-state index contributed by atoms with van der Waals surface area (Å²) in [4.78, 5) is 12.7. The number of urea groups is 1. The SMILES string of the molecule is CC(C)Oc1ccc(NC(=O)NC2CCS(=O)(=O)c3ccccc32)cc1Cl. The summed E-state index contributed by atoms with van der Waals surface area (Å²) in [6.45, 7) is 3.80. The first-order valence-corrected chi connectivity index (χ1v) is 10.6. The van der Waals surface area contributed by atoms with Crippen LogP contribution in [0.3, 0.4) is 0 Å². The number of carbonyl (C=O) groups is 1. The Morgan fingerprint density at radius 2 is 1.96 bits per heavy atom. The molecule has 6 nitrogen and oxygen atoms in total. The maximum absolute atomic E-state index is 12.4. The van der Waals surface area contributed by atoms with E-state index in [9.17, 15) is 13.2 Å². The number of hydrogen-bond donors (Lipinski definition) is 2. The minimum absolute atomic E-state index is 0.00201. The first-order chi connectivity index (χ1) is 12.8. The lowest BCUT2D eigenvalue weighted by molar-refractivity contribution is 0.242. The van der Waals surface area contributed by atoms with Gasteiger partial charge in [-0.15, -0.1) is 0 Å².